The van der Waals surface area contributed by atoms with Crippen LogP contribution in [0.5, 0.6) is 5.75 Å². The maximum Gasteiger partial charge on any atom is 0.387 e. The summed E-state index contributed by atoms with van der Waals surface area (Å²) in [5, 5.41) is 9.47. The summed E-state index contributed by atoms with van der Waals surface area (Å²) in [5.41, 5.74) is 1.14. The zero-order valence-corrected chi connectivity index (χ0v) is 14.5. The molecule has 26 heavy (non-hydrogen) atoms. The van der Waals surface area contributed by atoms with E-state index in [2.05, 4.69) is 9.72 Å². The predicted molar refractivity (Wildman–Crippen MR) is 90.0 cm³/mol. The normalized spacial score (nSPS) is 14.4. The fourth-order valence-electron chi connectivity index (χ4n) is 2.60. The average Bonchev–Trinajstić information content (AvgIpc) is 3.12. The van der Waals surface area contributed by atoms with E-state index in [4.69, 9.17) is 5.11 Å². The monoisotopic (exact) mass is 383 g/mol. The second-order valence-corrected chi connectivity index (χ2v) is 6.57. The minimum Gasteiger partial charge on any atom is -0.477 e. The molecule has 2 aromatic rings. The summed E-state index contributed by atoms with van der Waals surface area (Å²) in [6.45, 7) is -0.135. The van der Waals surface area contributed by atoms with Gasteiger partial charge >= 0.3 is 18.6 Å². The molecule has 1 saturated heterocycles. The van der Waals surface area contributed by atoms with Crippen molar-refractivity contribution < 1.29 is 28.2 Å². The third-order valence-electron chi connectivity index (χ3n) is 3.83. The Morgan fingerprint density at radius 3 is 2.62 bits per heavy atom. The molecule has 2 amide bonds. The summed E-state index contributed by atoms with van der Waals surface area (Å²) >= 11 is 0.965. The number of ether oxygens (including phenoxy) is 1. The first-order valence-electron chi connectivity index (χ1n) is 7.66. The number of carbonyl (C=O) groups is 2. The molecule has 0 aliphatic carbocycles. The predicted octanol–water partition coefficient (Wildman–Crippen LogP) is 3.19. The quantitative estimate of drug-likeness (QED) is 0.828. The molecule has 1 aliphatic heterocycles. The van der Waals surface area contributed by atoms with Gasteiger partial charge in [0.1, 0.15) is 10.6 Å². The minimum atomic E-state index is -2.88. The van der Waals surface area contributed by atoms with Gasteiger partial charge in [-0.1, -0.05) is 23.5 Å². The van der Waals surface area contributed by atoms with Crippen molar-refractivity contribution in [2.24, 2.45) is 0 Å². The number of halogens is 2. The van der Waals surface area contributed by atoms with E-state index in [1.54, 1.807) is 24.0 Å². The number of hydrogen-bond acceptors (Lipinski definition) is 5. The molecule has 3 rings (SSSR count). The lowest BCUT2D eigenvalue weighted by molar-refractivity contribution is -0.0498. The number of rotatable bonds is 6. The van der Waals surface area contributed by atoms with Crippen LogP contribution in [0.4, 0.5) is 18.7 Å². The van der Waals surface area contributed by atoms with Gasteiger partial charge in [-0.25, -0.2) is 14.6 Å². The van der Waals surface area contributed by atoms with E-state index < -0.39 is 12.6 Å². The number of alkyl halides is 2. The number of carbonyl (C=O) groups excluding carboxylic acids is 1. The van der Waals surface area contributed by atoms with Crippen molar-refractivity contribution >= 4 is 28.5 Å². The molecule has 1 aliphatic rings. The summed E-state index contributed by atoms with van der Waals surface area (Å²) in [6.07, 6.45) is 0. The molecular weight excluding hydrogens is 368 g/mol. The molecule has 0 atom stereocenters. The van der Waals surface area contributed by atoms with Crippen molar-refractivity contribution in [1.82, 2.24) is 9.88 Å². The second kappa shape index (κ2) is 7.24. The second-order valence-electron chi connectivity index (χ2n) is 5.59. The Labute approximate surface area is 151 Å². The van der Waals surface area contributed by atoms with Crippen LogP contribution in [0.25, 0.3) is 0 Å². The third-order valence-corrected chi connectivity index (χ3v) is 5.00. The van der Waals surface area contributed by atoms with E-state index in [1.165, 1.54) is 17.0 Å². The number of benzene rings is 1. The van der Waals surface area contributed by atoms with Crippen LogP contribution in [0.2, 0.25) is 0 Å². The summed E-state index contributed by atoms with van der Waals surface area (Å²) in [4.78, 5) is 31.0. The van der Waals surface area contributed by atoms with E-state index >= 15 is 0 Å². The number of aromatic carboxylic acids is 1. The Bertz CT molecular complexity index is 825. The fraction of sp³-hybridized carbons (Fsp3) is 0.312. The number of anilines is 1. The third kappa shape index (κ3) is 3.74. The topological polar surface area (TPSA) is 83.0 Å². The van der Waals surface area contributed by atoms with Crippen LogP contribution in [0.3, 0.4) is 0 Å². The standard InChI is InChI=1S/C16H15F2N3O4S/c1-9-12(13(22)23)26-15(19-9)21-7-6-20(16(21)24)8-10-2-4-11(5-3-10)25-14(17)18/h2-5,14H,6-8H2,1H3,(H,22,23). The summed E-state index contributed by atoms with van der Waals surface area (Å²) in [7, 11) is 0. The van der Waals surface area contributed by atoms with Gasteiger partial charge < -0.3 is 14.7 Å². The molecule has 1 aromatic heterocycles. The number of urea groups is 1. The average molecular weight is 383 g/mol. The van der Waals surface area contributed by atoms with Gasteiger partial charge in [-0.2, -0.15) is 8.78 Å². The molecule has 2 heterocycles. The van der Waals surface area contributed by atoms with Crippen molar-refractivity contribution in [3.63, 3.8) is 0 Å². The van der Waals surface area contributed by atoms with Crippen molar-refractivity contribution in [2.75, 3.05) is 18.0 Å². The highest BCUT2D eigenvalue weighted by Gasteiger charge is 2.32. The zero-order chi connectivity index (χ0) is 18.8. The van der Waals surface area contributed by atoms with Gasteiger partial charge in [0.2, 0.25) is 0 Å². The van der Waals surface area contributed by atoms with E-state index in [9.17, 15) is 18.4 Å². The molecule has 7 nitrogen and oxygen atoms in total. The van der Waals surface area contributed by atoms with Gasteiger partial charge in [-0.15, -0.1) is 0 Å². The van der Waals surface area contributed by atoms with Crippen LogP contribution in [-0.2, 0) is 6.54 Å². The van der Waals surface area contributed by atoms with Crippen LogP contribution < -0.4 is 9.64 Å². The Balaban J connectivity index is 1.67. The van der Waals surface area contributed by atoms with Crippen LogP contribution in [0.1, 0.15) is 20.9 Å². The Kier molecular flexibility index (Phi) is 5.03. The molecule has 10 heteroatoms. The maximum atomic E-state index is 12.6. The number of aromatic nitrogens is 1. The summed E-state index contributed by atoms with van der Waals surface area (Å²) < 4.78 is 28.6. The molecule has 0 bridgehead atoms. The first-order chi connectivity index (χ1) is 12.3. The number of carboxylic acids is 1. The molecule has 0 spiro atoms. The van der Waals surface area contributed by atoms with E-state index in [1.807, 2.05) is 0 Å². The van der Waals surface area contributed by atoms with Crippen molar-refractivity contribution in [2.45, 2.75) is 20.1 Å². The molecule has 0 saturated carbocycles. The number of hydrogen-bond donors (Lipinski definition) is 1. The summed E-state index contributed by atoms with van der Waals surface area (Å²) in [6, 6.07) is 5.79. The number of amides is 2. The lowest BCUT2D eigenvalue weighted by atomic mass is 10.2. The summed E-state index contributed by atoms with van der Waals surface area (Å²) in [5.74, 6) is -1.02. The lowest BCUT2D eigenvalue weighted by Gasteiger charge is -2.17. The fourth-order valence-corrected chi connectivity index (χ4v) is 3.52. The van der Waals surface area contributed by atoms with Gasteiger partial charge in [0.25, 0.3) is 0 Å². The highest BCUT2D eigenvalue weighted by molar-refractivity contribution is 7.17. The Hall–Kier alpha value is -2.75. The lowest BCUT2D eigenvalue weighted by Crippen LogP contribution is -2.31. The minimum absolute atomic E-state index is 0.0533. The Morgan fingerprint density at radius 2 is 2.04 bits per heavy atom. The molecular formula is C16H15F2N3O4S. The Morgan fingerprint density at radius 1 is 1.35 bits per heavy atom. The van der Waals surface area contributed by atoms with Gasteiger partial charge in [-0.3, -0.25) is 4.90 Å². The smallest absolute Gasteiger partial charge is 0.387 e. The number of aryl methyl sites for hydroxylation is 1. The molecule has 1 N–H and O–H groups in total. The van der Waals surface area contributed by atoms with Crippen LogP contribution in [-0.4, -0.2) is 46.7 Å². The van der Waals surface area contributed by atoms with Gasteiger partial charge in [-0.05, 0) is 24.6 Å². The number of nitrogens with zero attached hydrogens (tertiary/aromatic N) is 3. The van der Waals surface area contributed by atoms with Gasteiger partial charge in [0, 0.05) is 19.6 Å². The van der Waals surface area contributed by atoms with Crippen LogP contribution in [0.15, 0.2) is 24.3 Å². The highest BCUT2D eigenvalue weighted by atomic mass is 32.1. The molecule has 0 unspecified atom stereocenters. The zero-order valence-electron chi connectivity index (χ0n) is 13.7. The first-order valence-corrected chi connectivity index (χ1v) is 8.47. The van der Waals surface area contributed by atoms with Crippen LogP contribution >= 0.6 is 11.3 Å². The number of carboxylic acid groups (broad SMARTS) is 1. The molecule has 138 valence electrons. The highest BCUT2D eigenvalue weighted by Crippen LogP contribution is 2.29. The first kappa shape index (κ1) is 18.1. The SMILES string of the molecule is Cc1nc(N2CCN(Cc3ccc(OC(F)F)cc3)C2=O)sc1C(=O)O. The van der Waals surface area contributed by atoms with Gasteiger partial charge in [0.15, 0.2) is 5.13 Å². The molecule has 1 aromatic carbocycles. The molecule has 1 fully saturated rings. The van der Waals surface area contributed by atoms with Crippen LogP contribution in [0, 0.1) is 6.92 Å². The number of thiazole rings is 1. The van der Waals surface area contributed by atoms with Crippen molar-refractivity contribution in [3.05, 3.63) is 40.4 Å². The van der Waals surface area contributed by atoms with E-state index in [0.717, 1.165) is 16.9 Å². The van der Waals surface area contributed by atoms with Gasteiger partial charge in [0.05, 0.1) is 5.69 Å². The van der Waals surface area contributed by atoms with E-state index in [-0.39, 0.29) is 16.7 Å². The van der Waals surface area contributed by atoms with Crippen molar-refractivity contribution in [3.8, 4) is 5.75 Å². The van der Waals surface area contributed by atoms with E-state index in [0.29, 0.717) is 30.5 Å². The van der Waals surface area contributed by atoms with Crippen molar-refractivity contribution in [1.29, 1.82) is 0 Å². The molecule has 0 radical (unpaired) electrons. The largest absolute Gasteiger partial charge is 0.477 e. The maximum absolute atomic E-state index is 12.6.